The molecule has 0 atom stereocenters. The van der Waals surface area contributed by atoms with Gasteiger partial charge in [0.05, 0.1) is 7.11 Å². The number of nitrogens with zero attached hydrogens (tertiary/aromatic N) is 2. The normalized spacial score (nSPS) is 16.0. The van der Waals surface area contributed by atoms with Gasteiger partial charge in [-0.15, -0.1) is 0 Å². The lowest BCUT2D eigenvalue weighted by Gasteiger charge is -2.36. The highest BCUT2D eigenvalue weighted by Gasteiger charge is 2.24. The molecule has 1 amide bonds. The second-order valence-electron chi connectivity index (χ2n) is 6.05. The van der Waals surface area contributed by atoms with E-state index in [9.17, 15) is 4.79 Å². The van der Waals surface area contributed by atoms with Crippen molar-refractivity contribution in [2.75, 3.05) is 45.0 Å². The van der Waals surface area contributed by atoms with Crippen molar-refractivity contribution in [1.82, 2.24) is 4.90 Å². The van der Waals surface area contributed by atoms with Crippen molar-refractivity contribution in [2.45, 2.75) is 0 Å². The van der Waals surface area contributed by atoms with E-state index in [1.54, 1.807) is 25.3 Å². The summed E-state index contributed by atoms with van der Waals surface area (Å²) in [7, 11) is 1.67. The molecule has 2 aromatic rings. The first-order chi connectivity index (χ1) is 12.2. The van der Waals surface area contributed by atoms with Gasteiger partial charge in [-0.05, 0) is 30.3 Å². The fourth-order valence-electron chi connectivity index (χ4n) is 3.19. The molecule has 0 saturated carbocycles. The molecule has 1 saturated heterocycles. The average Bonchev–Trinajstić information content (AvgIpc) is 3.15. The van der Waals surface area contributed by atoms with Crippen molar-refractivity contribution in [2.24, 2.45) is 0 Å². The SMILES string of the molecule is COc1cccc(N2CCN(C(=O)c3ccc4c(c3)OCO4)CC2)c1. The summed E-state index contributed by atoms with van der Waals surface area (Å²) in [5.41, 5.74) is 1.76. The van der Waals surface area contributed by atoms with Crippen molar-refractivity contribution < 1.29 is 19.0 Å². The number of piperazine rings is 1. The van der Waals surface area contributed by atoms with Crippen molar-refractivity contribution in [3.05, 3.63) is 48.0 Å². The number of rotatable bonds is 3. The Bertz CT molecular complexity index is 785. The Morgan fingerprint density at radius 1 is 1.00 bits per heavy atom. The molecule has 6 heteroatoms. The molecule has 0 unspecified atom stereocenters. The maximum Gasteiger partial charge on any atom is 0.254 e. The Kier molecular flexibility index (Phi) is 4.09. The van der Waals surface area contributed by atoms with Gasteiger partial charge < -0.3 is 24.0 Å². The second kappa shape index (κ2) is 6.55. The first kappa shape index (κ1) is 15.6. The molecule has 2 aliphatic heterocycles. The summed E-state index contributed by atoms with van der Waals surface area (Å²) in [4.78, 5) is 16.9. The first-order valence-corrected chi connectivity index (χ1v) is 8.32. The van der Waals surface area contributed by atoms with Gasteiger partial charge in [-0.1, -0.05) is 6.07 Å². The molecule has 0 aromatic heterocycles. The van der Waals surface area contributed by atoms with Crippen molar-refractivity contribution >= 4 is 11.6 Å². The number of anilines is 1. The maximum absolute atomic E-state index is 12.7. The maximum atomic E-state index is 12.7. The molecule has 0 aliphatic carbocycles. The third-order valence-electron chi connectivity index (χ3n) is 4.60. The Labute approximate surface area is 146 Å². The minimum atomic E-state index is 0.0311. The van der Waals surface area contributed by atoms with Crippen LogP contribution in [0.25, 0.3) is 0 Å². The number of benzene rings is 2. The molecule has 2 aliphatic rings. The van der Waals surface area contributed by atoms with Crippen LogP contribution in [0.15, 0.2) is 42.5 Å². The largest absolute Gasteiger partial charge is 0.497 e. The molecule has 0 bridgehead atoms. The van der Waals surface area contributed by atoms with Crippen LogP contribution in [-0.2, 0) is 0 Å². The number of methoxy groups -OCH3 is 1. The van der Waals surface area contributed by atoms with Crippen LogP contribution >= 0.6 is 0 Å². The summed E-state index contributed by atoms with van der Waals surface area (Å²) in [6.45, 7) is 3.17. The summed E-state index contributed by atoms with van der Waals surface area (Å²) in [5, 5.41) is 0. The summed E-state index contributed by atoms with van der Waals surface area (Å²) >= 11 is 0. The molecule has 1 fully saturated rings. The lowest BCUT2D eigenvalue weighted by atomic mass is 10.1. The smallest absolute Gasteiger partial charge is 0.254 e. The van der Waals surface area contributed by atoms with Crippen LogP contribution in [0.2, 0.25) is 0 Å². The highest BCUT2D eigenvalue weighted by molar-refractivity contribution is 5.95. The third kappa shape index (κ3) is 3.07. The number of carbonyl (C=O) groups excluding carboxylic acids is 1. The van der Waals surface area contributed by atoms with Crippen molar-refractivity contribution in [1.29, 1.82) is 0 Å². The van der Waals surface area contributed by atoms with E-state index in [1.165, 1.54) is 0 Å². The summed E-state index contributed by atoms with van der Waals surface area (Å²) in [6, 6.07) is 13.4. The lowest BCUT2D eigenvalue weighted by molar-refractivity contribution is 0.0746. The molecule has 130 valence electrons. The van der Waals surface area contributed by atoms with Crippen molar-refractivity contribution in [3.8, 4) is 17.2 Å². The van der Waals surface area contributed by atoms with Crippen molar-refractivity contribution in [3.63, 3.8) is 0 Å². The zero-order valence-corrected chi connectivity index (χ0v) is 14.1. The highest BCUT2D eigenvalue weighted by Crippen LogP contribution is 2.33. The van der Waals surface area contributed by atoms with Gasteiger partial charge >= 0.3 is 0 Å². The number of ether oxygens (including phenoxy) is 3. The Balaban J connectivity index is 1.42. The molecular formula is C19H20N2O4. The summed E-state index contributed by atoms with van der Waals surface area (Å²) in [6.07, 6.45) is 0. The molecule has 6 nitrogen and oxygen atoms in total. The lowest BCUT2D eigenvalue weighted by Crippen LogP contribution is -2.48. The predicted octanol–water partition coefficient (Wildman–Crippen LogP) is 2.39. The number of hydrogen-bond acceptors (Lipinski definition) is 5. The topological polar surface area (TPSA) is 51.2 Å². The highest BCUT2D eigenvalue weighted by atomic mass is 16.7. The Hall–Kier alpha value is -2.89. The molecule has 2 aromatic carbocycles. The minimum Gasteiger partial charge on any atom is -0.497 e. The van der Waals surface area contributed by atoms with Crippen LogP contribution in [-0.4, -0.2) is 50.9 Å². The van der Waals surface area contributed by atoms with E-state index in [2.05, 4.69) is 11.0 Å². The van der Waals surface area contributed by atoms with Crippen LogP contribution in [0.1, 0.15) is 10.4 Å². The van der Waals surface area contributed by atoms with Gasteiger partial charge in [-0.25, -0.2) is 0 Å². The van der Waals surface area contributed by atoms with Crippen LogP contribution in [0.3, 0.4) is 0 Å². The van der Waals surface area contributed by atoms with Gasteiger partial charge in [0.1, 0.15) is 5.75 Å². The van der Waals surface area contributed by atoms with Crippen LogP contribution in [0, 0.1) is 0 Å². The number of carbonyl (C=O) groups is 1. The summed E-state index contributed by atoms with van der Waals surface area (Å²) in [5.74, 6) is 2.21. The molecule has 2 heterocycles. The molecule has 0 N–H and O–H groups in total. The number of amides is 1. The predicted molar refractivity (Wildman–Crippen MR) is 93.7 cm³/mol. The Morgan fingerprint density at radius 2 is 1.80 bits per heavy atom. The molecule has 4 rings (SSSR count). The van der Waals surface area contributed by atoms with Gasteiger partial charge in [0.15, 0.2) is 11.5 Å². The standard InChI is InChI=1S/C19H20N2O4/c1-23-16-4-2-3-15(12-16)20-7-9-21(10-8-20)19(22)14-5-6-17-18(11-14)25-13-24-17/h2-6,11-12H,7-10,13H2,1H3. The van der Waals surface area contributed by atoms with Crippen LogP contribution in [0.5, 0.6) is 17.2 Å². The van der Waals surface area contributed by atoms with E-state index in [0.717, 1.165) is 24.5 Å². The first-order valence-electron chi connectivity index (χ1n) is 8.32. The fourth-order valence-corrected chi connectivity index (χ4v) is 3.19. The third-order valence-corrected chi connectivity index (χ3v) is 4.60. The van der Waals surface area contributed by atoms with E-state index < -0.39 is 0 Å². The molecule has 0 radical (unpaired) electrons. The van der Waals surface area contributed by atoms with Gasteiger partial charge in [0.25, 0.3) is 5.91 Å². The second-order valence-corrected chi connectivity index (χ2v) is 6.05. The van der Waals surface area contributed by atoms with Crippen LogP contribution in [0.4, 0.5) is 5.69 Å². The van der Waals surface area contributed by atoms with Crippen LogP contribution < -0.4 is 19.1 Å². The van der Waals surface area contributed by atoms with E-state index in [4.69, 9.17) is 14.2 Å². The Morgan fingerprint density at radius 3 is 2.60 bits per heavy atom. The quantitative estimate of drug-likeness (QED) is 0.859. The number of hydrogen-bond donors (Lipinski definition) is 0. The van der Waals surface area contributed by atoms with Gasteiger partial charge in [-0.3, -0.25) is 4.79 Å². The average molecular weight is 340 g/mol. The number of fused-ring (bicyclic) bond motifs is 1. The van der Waals surface area contributed by atoms with E-state index in [-0.39, 0.29) is 12.7 Å². The minimum absolute atomic E-state index is 0.0311. The van der Waals surface area contributed by atoms with Gasteiger partial charge in [0, 0.05) is 43.5 Å². The molecule has 0 spiro atoms. The summed E-state index contributed by atoms with van der Waals surface area (Å²) < 4.78 is 15.9. The molecular weight excluding hydrogens is 320 g/mol. The van der Waals surface area contributed by atoms with Gasteiger partial charge in [-0.2, -0.15) is 0 Å². The van der Waals surface area contributed by atoms with E-state index in [0.29, 0.717) is 30.2 Å². The monoisotopic (exact) mass is 340 g/mol. The zero-order valence-electron chi connectivity index (χ0n) is 14.1. The zero-order chi connectivity index (χ0) is 17.2. The van der Waals surface area contributed by atoms with E-state index in [1.807, 2.05) is 23.1 Å². The molecule has 25 heavy (non-hydrogen) atoms. The fraction of sp³-hybridized carbons (Fsp3) is 0.316. The van der Waals surface area contributed by atoms with E-state index >= 15 is 0 Å². The van der Waals surface area contributed by atoms with Gasteiger partial charge in [0.2, 0.25) is 6.79 Å².